The molecular weight excluding hydrogens is 341 g/mol. The van der Waals surface area contributed by atoms with E-state index in [1.165, 1.54) is 22.8 Å². The standard InChI is InChI=1S/C20H17F3N2O/c1-2-14-6-5-12-24-18(14)19(25-13-4-3-7-17(25)26)15-8-10-16(11-9-15)20(21,22)23/h3-13,19H,2H2,1H3/t19-/m0/s1. The van der Waals surface area contributed by atoms with E-state index < -0.39 is 17.8 Å². The molecule has 26 heavy (non-hydrogen) atoms. The van der Waals surface area contributed by atoms with Crippen LogP contribution in [0.5, 0.6) is 0 Å². The lowest BCUT2D eigenvalue weighted by atomic mass is 9.96. The van der Waals surface area contributed by atoms with Crippen molar-refractivity contribution >= 4 is 0 Å². The summed E-state index contributed by atoms with van der Waals surface area (Å²) in [7, 11) is 0. The van der Waals surface area contributed by atoms with Crippen molar-refractivity contribution in [2.24, 2.45) is 0 Å². The number of aryl methyl sites for hydroxylation is 1. The number of alkyl halides is 3. The number of halogens is 3. The largest absolute Gasteiger partial charge is 0.416 e. The van der Waals surface area contributed by atoms with Crippen molar-refractivity contribution in [1.82, 2.24) is 9.55 Å². The van der Waals surface area contributed by atoms with Crippen molar-refractivity contribution in [3.05, 3.63) is 99.7 Å². The van der Waals surface area contributed by atoms with Crippen LogP contribution >= 0.6 is 0 Å². The molecule has 3 aromatic rings. The van der Waals surface area contributed by atoms with E-state index in [9.17, 15) is 18.0 Å². The maximum absolute atomic E-state index is 12.9. The molecule has 134 valence electrons. The number of rotatable bonds is 4. The van der Waals surface area contributed by atoms with Crippen LogP contribution in [0.25, 0.3) is 0 Å². The minimum Gasteiger partial charge on any atom is -0.302 e. The summed E-state index contributed by atoms with van der Waals surface area (Å²) in [6, 6.07) is 12.8. The molecule has 0 unspecified atom stereocenters. The van der Waals surface area contributed by atoms with E-state index in [1.54, 1.807) is 30.6 Å². The van der Waals surface area contributed by atoms with Gasteiger partial charge in [-0.05, 0) is 41.8 Å². The van der Waals surface area contributed by atoms with E-state index in [-0.39, 0.29) is 5.56 Å². The van der Waals surface area contributed by atoms with Crippen LogP contribution in [0.3, 0.4) is 0 Å². The second-order valence-electron chi connectivity index (χ2n) is 5.87. The van der Waals surface area contributed by atoms with E-state index in [4.69, 9.17) is 0 Å². The van der Waals surface area contributed by atoms with Gasteiger partial charge in [-0.25, -0.2) is 0 Å². The Bertz CT molecular complexity index is 946. The highest BCUT2D eigenvalue weighted by Crippen LogP contribution is 2.32. The highest BCUT2D eigenvalue weighted by molar-refractivity contribution is 5.36. The summed E-state index contributed by atoms with van der Waals surface area (Å²) in [5.74, 6) is 0. The van der Waals surface area contributed by atoms with Gasteiger partial charge < -0.3 is 4.57 Å². The molecule has 0 saturated heterocycles. The fraction of sp³-hybridized carbons (Fsp3) is 0.200. The van der Waals surface area contributed by atoms with E-state index in [1.807, 2.05) is 13.0 Å². The molecule has 0 aliphatic carbocycles. The summed E-state index contributed by atoms with van der Waals surface area (Å²) >= 11 is 0. The summed E-state index contributed by atoms with van der Waals surface area (Å²) < 4.78 is 40.1. The summed E-state index contributed by atoms with van der Waals surface area (Å²) in [5.41, 5.74) is 1.19. The molecular formula is C20H17F3N2O. The second kappa shape index (κ2) is 7.15. The summed E-state index contributed by atoms with van der Waals surface area (Å²) in [6.07, 6.45) is -0.461. The van der Waals surface area contributed by atoms with Crippen LogP contribution in [0, 0.1) is 0 Å². The Morgan fingerprint density at radius 1 is 1.04 bits per heavy atom. The van der Waals surface area contributed by atoms with Gasteiger partial charge in [0.05, 0.1) is 11.3 Å². The first-order chi connectivity index (χ1) is 12.4. The van der Waals surface area contributed by atoms with Crippen molar-refractivity contribution in [2.45, 2.75) is 25.6 Å². The number of hydrogen-bond donors (Lipinski definition) is 0. The Hall–Kier alpha value is -2.89. The Morgan fingerprint density at radius 2 is 1.77 bits per heavy atom. The molecule has 0 aliphatic heterocycles. The van der Waals surface area contributed by atoms with E-state index in [0.29, 0.717) is 17.7 Å². The zero-order chi connectivity index (χ0) is 18.7. The molecule has 0 radical (unpaired) electrons. The van der Waals surface area contributed by atoms with Gasteiger partial charge in [0.15, 0.2) is 0 Å². The lowest BCUT2D eigenvalue weighted by molar-refractivity contribution is -0.137. The number of pyridine rings is 2. The average molecular weight is 358 g/mol. The Labute approximate surface area is 148 Å². The molecule has 1 aromatic carbocycles. The molecule has 0 amide bonds. The number of nitrogens with zero attached hydrogens (tertiary/aromatic N) is 2. The minimum atomic E-state index is -4.41. The average Bonchev–Trinajstić information content (AvgIpc) is 2.64. The Kier molecular flexibility index (Phi) is 4.93. The number of benzene rings is 1. The van der Waals surface area contributed by atoms with Gasteiger partial charge in [0.1, 0.15) is 6.04 Å². The van der Waals surface area contributed by atoms with Gasteiger partial charge in [0, 0.05) is 18.5 Å². The van der Waals surface area contributed by atoms with Crippen molar-refractivity contribution in [3.8, 4) is 0 Å². The maximum atomic E-state index is 12.9. The summed E-state index contributed by atoms with van der Waals surface area (Å²) in [4.78, 5) is 16.8. The lowest BCUT2D eigenvalue weighted by Crippen LogP contribution is -2.26. The topological polar surface area (TPSA) is 34.9 Å². The zero-order valence-corrected chi connectivity index (χ0v) is 14.1. The fourth-order valence-corrected chi connectivity index (χ4v) is 2.95. The quantitative estimate of drug-likeness (QED) is 0.690. The molecule has 1 atom stereocenters. The highest BCUT2D eigenvalue weighted by atomic mass is 19.4. The maximum Gasteiger partial charge on any atom is 0.416 e. The van der Waals surface area contributed by atoms with Crippen LogP contribution in [0.15, 0.2) is 71.8 Å². The van der Waals surface area contributed by atoms with Crippen LogP contribution in [0.4, 0.5) is 13.2 Å². The minimum absolute atomic E-state index is 0.245. The van der Waals surface area contributed by atoms with Crippen LogP contribution < -0.4 is 5.56 Å². The second-order valence-corrected chi connectivity index (χ2v) is 5.87. The molecule has 3 nitrogen and oxygen atoms in total. The van der Waals surface area contributed by atoms with Crippen LogP contribution in [0.1, 0.15) is 35.3 Å². The molecule has 3 rings (SSSR count). The van der Waals surface area contributed by atoms with Gasteiger partial charge >= 0.3 is 6.18 Å². The molecule has 0 aliphatic rings. The third-order valence-electron chi connectivity index (χ3n) is 4.25. The first kappa shape index (κ1) is 17.9. The summed E-state index contributed by atoms with van der Waals surface area (Å²) in [6.45, 7) is 1.97. The van der Waals surface area contributed by atoms with Gasteiger partial charge in [-0.1, -0.05) is 31.2 Å². The Balaban J connectivity index is 2.19. The predicted molar refractivity (Wildman–Crippen MR) is 93.0 cm³/mol. The van der Waals surface area contributed by atoms with Crippen molar-refractivity contribution in [3.63, 3.8) is 0 Å². The van der Waals surface area contributed by atoms with Gasteiger partial charge in [-0.2, -0.15) is 13.2 Å². The molecule has 2 aromatic heterocycles. The summed E-state index contributed by atoms with van der Waals surface area (Å²) in [5, 5.41) is 0. The third-order valence-corrected chi connectivity index (χ3v) is 4.25. The molecule has 0 bridgehead atoms. The Morgan fingerprint density at radius 3 is 2.38 bits per heavy atom. The van der Waals surface area contributed by atoms with Crippen molar-refractivity contribution in [2.75, 3.05) is 0 Å². The van der Waals surface area contributed by atoms with Gasteiger partial charge in [-0.15, -0.1) is 0 Å². The van der Waals surface area contributed by atoms with Crippen LogP contribution in [-0.2, 0) is 12.6 Å². The van der Waals surface area contributed by atoms with E-state index in [0.717, 1.165) is 17.7 Å². The molecule has 0 spiro atoms. The first-order valence-electron chi connectivity index (χ1n) is 8.20. The van der Waals surface area contributed by atoms with Crippen molar-refractivity contribution in [1.29, 1.82) is 0 Å². The fourth-order valence-electron chi connectivity index (χ4n) is 2.95. The molecule has 0 N–H and O–H groups in total. The predicted octanol–water partition coefficient (Wildman–Crippen LogP) is 4.46. The van der Waals surface area contributed by atoms with Gasteiger partial charge in [-0.3, -0.25) is 9.78 Å². The number of hydrogen-bond acceptors (Lipinski definition) is 2. The van der Waals surface area contributed by atoms with Gasteiger partial charge in [0.2, 0.25) is 0 Å². The molecule has 2 heterocycles. The van der Waals surface area contributed by atoms with Crippen molar-refractivity contribution < 1.29 is 13.2 Å². The zero-order valence-electron chi connectivity index (χ0n) is 14.1. The SMILES string of the molecule is CCc1cccnc1[C@H](c1ccc(C(F)(F)F)cc1)n1ccccc1=O. The molecule has 6 heteroatoms. The number of aromatic nitrogens is 2. The normalized spacial score (nSPS) is 12.8. The van der Waals surface area contributed by atoms with E-state index >= 15 is 0 Å². The molecule has 0 fully saturated rings. The molecule has 0 saturated carbocycles. The van der Waals surface area contributed by atoms with E-state index in [2.05, 4.69) is 4.98 Å². The lowest BCUT2D eigenvalue weighted by Gasteiger charge is -2.22. The van der Waals surface area contributed by atoms with Crippen LogP contribution in [-0.4, -0.2) is 9.55 Å². The highest BCUT2D eigenvalue weighted by Gasteiger charge is 2.31. The first-order valence-corrected chi connectivity index (χ1v) is 8.20. The smallest absolute Gasteiger partial charge is 0.302 e. The third kappa shape index (κ3) is 3.54. The van der Waals surface area contributed by atoms with Crippen LogP contribution in [0.2, 0.25) is 0 Å². The monoisotopic (exact) mass is 358 g/mol. The van der Waals surface area contributed by atoms with Gasteiger partial charge in [0.25, 0.3) is 5.56 Å².